The predicted molar refractivity (Wildman–Crippen MR) is 99.4 cm³/mol. The van der Waals surface area contributed by atoms with Gasteiger partial charge in [-0.05, 0) is 46.7 Å². The highest BCUT2D eigenvalue weighted by atomic mass is 79.9. The molecule has 0 saturated heterocycles. The lowest BCUT2D eigenvalue weighted by atomic mass is 10.1. The molecule has 0 aliphatic rings. The lowest BCUT2D eigenvalue weighted by Crippen LogP contribution is -2.03. The van der Waals surface area contributed by atoms with Crippen LogP contribution in [0.15, 0.2) is 71.2 Å². The number of rotatable bonds is 4. The number of hydrogen-bond donors (Lipinski definition) is 0. The molecule has 0 bridgehead atoms. The summed E-state index contributed by atoms with van der Waals surface area (Å²) >= 11 is 3.41. The molecule has 3 rings (SSSR count). The van der Waals surface area contributed by atoms with Gasteiger partial charge >= 0.3 is 5.97 Å². The highest BCUT2D eigenvalue weighted by molar-refractivity contribution is 9.10. The Morgan fingerprint density at radius 1 is 1.04 bits per heavy atom. The van der Waals surface area contributed by atoms with Crippen LogP contribution in [0.4, 0.5) is 5.69 Å². The molecule has 0 aromatic heterocycles. The zero-order chi connectivity index (χ0) is 17.8. The van der Waals surface area contributed by atoms with E-state index in [9.17, 15) is 14.9 Å². The molecule has 0 heterocycles. The van der Waals surface area contributed by atoms with Gasteiger partial charge in [0.05, 0.1) is 4.92 Å². The predicted octanol–water partition coefficient (Wildman–Crippen LogP) is 5.13. The molecule has 0 fully saturated rings. The Morgan fingerprint density at radius 2 is 1.80 bits per heavy atom. The van der Waals surface area contributed by atoms with Gasteiger partial charge in [0.2, 0.25) is 0 Å². The van der Waals surface area contributed by atoms with Gasteiger partial charge in [-0.1, -0.05) is 40.2 Å². The molecule has 0 spiro atoms. The molecule has 124 valence electrons. The first-order valence-corrected chi connectivity index (χ1v) is 8.14. The Hall–Kier alpha value is -2.99. The Labute approximate surface area is 151 Å². The second-order valence-corrected chi connectivity index (χ2v) is 6.18. The molecule has 0 radical (unpaired) electrons. The highest BCUT2D eigenvalue weighted by Gasteiger charge is 2.05. The summed E-state index contributed by atoms with van der Waals surface area (Å²) in [5, 5.41) is 12.7. The van der Waals surface area contributed by atoms with Crippen LogP contribution < -0.4 is 4.74 Å². The van der Waals surface area contributed by atoms with Crippen molar-refractivity contribution in [2.75, 3.05) is 0 Å². The number of non-ortho nitro benzene ring substituents is 1. The number of benzene rings is 3. The van der Waals surface area contributed by atoms with E-state index in [2.05, 4.69) is 15.9 Å². The van der Waals surface area contributed by atoms with Gasteiger partial charge in [-0.3, -0.25) is 10.1 Å². The fourth-order valence-corrected chi connectivity index (χ4v) is 2.69. The SMILES string of the molecule is O=C(/C=C/c1cccc([N+](=O)[O-])c1)Oc1ccc2cc(Br)ccc2c1. The van der Waals surface area contributed by atoms with Crippen LogP contribution in [0.3, 0.4) is 0 Å². The minimum absolute atomic E-state index is 0.0313. The first kappa shape index (κ1) is 16.9. The van der Waals surface area contributed by atoms with E-state index in [1.54, 1.807) is 24.3 Å². The summed E-state index contributed by atoms with van der Waals surface area (Å²) in [6.45, 7) is 0. The van der Waals surface area contributed by atoms with E-state index >= 15 is 0 Å². The molecule has 0 atom stereocenters. The van der Waals surface area contributed by atoms with Gasteiger partial charge in [-0.25, -0.2) is 4.79 Å². The Balaban J connectivity index is 1.73. The van der Waals surface area contributed by atoms with Crippen molar-refractivity contribution in [1.82, 2.24) is 0 Å². The number of hydrogen-bond acceptors (Lipinski definition) is 4. The number of carbonyl (C=O) groups excluding carboxylic acids is 1. The van der Waals surface area contributed by atoms with E-state index in [0.717, 1.165) is 15.2 Å². The molecule has 0 saturated carbocycles. The number of ether oxygens (including phenoxy) is 1. The molecule has 0 aliphatic carbocycles. The van der Waals surface area contributed by atoms with Crippen LogP contribution in [0.5, 0.6) is 5.75 Å². The standard InChI is InChI=1S/C19H12BrNO4/c20-16-7-5-15-12-18(8-6-14(15)11-16)25-19(22)9-4-13-2-1-3-17(10-13)21(23)24/h1-12H/b9-4+. The number of carbonyl (C=O) groups is 1. The largest absolute Gasteiger partial charge is 0.423 e. The van der Waals surface area contributed by atoms with Crippen molar-refractivity contribution < 1.29 is 14.5 Å². The minimum atomic E-state index is -0.553. The normalized spacial score (nSPS) is 10.9. The Kier molecular flexibility index (Phi) is 4.90. The Morgan fingerprint density at radius 3 is 2.60 bits per heavy atom. The second-order valence-electron chi connectivity index (χ2n) is 5.26. The fourth-order valence-electron chi connectivity index (χ4n) is 2.31. The number of halogens is 1. The van der Waals surface area contributed by atoms with Crippen LogP contribution in [0.2, 0.25) is 0 Å². The third-order valence-corrected chi connectivity index (χ3v) is 3.98. The maximum absolute atomic E-state index is 11.9. The zero-order valence-corrected chi connectivity index (χ0v) is 14.5. The maximum atomic E-state index is 11.9. The summed E-state index contributed by atoms with van der Waals surface area (Å²) in [6.07, 6.45) is 2.72. The van der Waals surface area contributed by atoms with Gasteiger partial charge in [0.1, 0.15) is 5.75 Å². The molecule has 0 amide bonds. The van der Waals surface area contributed by atoms with Gasteiger partial charge in [0.25, 0.3) is 5.69 Å². The molecular weight excluding hydrogens is 386 g/mol. The summed E-state index contributed by atoms with van der Waals surface area (Å²) in [4.78, 5) is 22.2. The number of esters is 1. The second kappa shape index (κ2) is 7.27. The molecule has 25 heavy (non-hydrogen) atoms. The van der Waals surface area contributed by atoms with Crippen LogP contribution >= 0.6 is 15.9 Å². The van der Waals surface area contributed by atoms with Crippen LogP contribution in [-0.4, -0.2) is 10.9 Å². The topological polar surface area (TPSA) is 69.4 Å². The van der Waals surface area contributed by atoms with Crippen LogP contribution in [0.1, 0.15) is 5.56 Å². The summed E-state index contributed by atoms with van der Waals surface area (Å²) < 4.78 is 6.26. The number of nitro benzene ring substituents is 1. The third-order valence-electron chi connectivity index (χ3n) is 3.49. The third kappa shape index (κ3) is 4.30. The lowest BCUT2D eigenvalue weighted by Gasteiger charge is -2.04. The molecule has 0 unspecified atom stereocenters. The van der Waals surface area contributed by atoms with Gasteiger partial charge in [-0.15, -0.1) is 0 Å². The highest BCUT2D eigenvalue weighted by Crippen LogP contribution is 2.24. The van der Waals surface area contributed by atoms with E-state index in [0.29, 0.717) is 11.3 Å². The first-order valence-electron chi connectivity index (χ1n) is 7.35. The summed E-state index contributed by atoms with van der Waals surface area (Å²) in [6, 6.07) is 17.2. The molecule has 5 nitrogen and oxygen atoms in total. The smallest absolute Gasteiger partial charge is 0.336 e. The molecule has 0 N–H and O–H groups in total. The van der Waals surface area contributed by atoms with Crippen LogP contribution in [0, 0.1) is 10.1 Å². The van der Waals surface area contributed by atoms with Crippen molar-refractivity contribution in [3.63, 3.8) is 0 Å². The summed E-state index contributed by atoms with van der Waals surface area (Å²) in [7, 11) is 0. The average molecular weight is 398 g/mol. The Bertz CT molecular complexity index is 998. The first-order chi connectivity index (χ1) is 12.0. The van der Waals surface area contributed by atoms with Crippen molar-refractivity contribution in [2.24, 2.45) is 0 Å². The van der Waals surface area contributed by atoms with E-state index in [1.165, 1.54) is 24.3 Å². The van der Waals surface area contributed by atoms with Crippen molar-refractivity contribution in [1.29, 1.82) is 0 Å². The monoisotopic (exact) mass is 397 g/mol. The van der Waals surface area contributed by atoms with Crippen LogP contribution in [0.25, 0.3) is 16.8 Å². The minimum Gasteiger partial charge on any atom is -0.423 e. The molecular formula is C19H12BrNO4. The zero-order valence-electron chi connectivity index (χ0n) is 12.9. The van der Waals surface area contributed by atoms with Crippen molar-refractivity contribution in [2.45, 2.75) is 0 Å². The van der Waals surface area contributed by atoms with Crippen molar-refractivity contribution in [3.8, 4) is 5.75 Å². The maximum Gasteiger partial charge on any atom is 0.336 e. The van der Waals surface area contributed by atoms with E-state index in [1.807, 2.05) is 24.3 Å². The molecule has 0 aliphatic heterocycles. The number of nitrogens with zero attached hydrogens (tertiary/aromatic N) is 1. The van der Waals surface area contributed by atoms with Gasteiger partial charge in [-0.2, -0.15) is 0 Å². The fraction of sp³-hybridized carbons (Fsp3) is 0. The summed E-state index contributed by atoms with van der Waals surface area (Å²) in [5.74, 6) is -0.119. The molecule has 6 heteroatoms. The van der Waals surface area contributed by atoms with Gasteiger partial charge < -0.3 is 4.74 Å². The van der Waals surface area contributed by atoms with E-state index in [4.69, 9.17) is 4.74 Å². The number of fused-ring (bicyclic) bond motifs is 1. The van der Waals surface area contributed by atoms with E-state index < -0.39 is 10.9 Å². The molecule has 3 aromatic rings. The molecule has 3 aromatic carbocycles. The van der Waals surface area contributed by atoms with Gasteiger partial charge in [0.15, 0.2) is 0 Å². The summed E-state index contributed by atoms with van der Waals surface area (Å²) in [5.41, 5.74) is 0.519. The quantitative estimate of drug-likeness (QED) is 0.201. The van der Waals surface area contributed by atoms with Crippen molar-refractivity contribution in [3.05, 3.63) is 86.9 Å². The van der Waals surface area contributed by atoms with Crippen molar-refractivity contribution >= 4 is 44.4 Å². The number of nitro groups is 1. The van der Waals surface area contributed by atoms with Crippen LogP contribution in [-0.2, 0) is 4.79 Å². The van der Waals surface area contributed by atoms with Gasteiger partial charge in [0, 0.05) is 22.7 Å². The van der Waals surface area contributed by atoms with E-state index in [-0.39, 0.29) is 5.69 Å². The lowest BCUT2D eigenvalue weighted by molar-refractivity contribution is -0.384. The average Bonchev–Trinajstić information content (AvgIpc) is 2.60.